The molecule has 14 heavy (non-hydrogen) atoms. The van der Waals surface area contributed by atoms with Crippen LogP contribution >= 0.6 is 0 Å². The van der Waals surface area contributed by atoms with Gasteiger partial charge < -0.3 is 15.2 Å². The van der Waals surface area contributed by atoms with Crippen molar-refractivity contribution in [1.29, 1.82) is 0 Å². The highest BCUT2D eigenvalue weighted by Gasteiger charge is 2.17. The van der Waals surface area contributed by atoms with Crippen molar-refractivity contribution >= 4 is 0 Å². The lowest BCUT2D eigenvalue weighted by Gasteiger charge is -2.22. The number of hydrogen-bond donors (Lipinski definition) is 2. The molecular weight excluding hydrogens is 178 g/mol. The molecule has 0 aromatic rings. The molecule has 1 aliphatic heterocycles. The lowest BCUT2D eigenvalue weighted by atomic mass is 9.95. The summed E-state index contributed by atoms with van der Waals surface area (Å²) in [6.07, 6.45) is 2.41. The number of hydrogen-bond acceptors (Lipinski definition) is 3. The largest absolute Gasteiger partial charge is 0.396 e. The summed E-state index contributed by atoms with van der Waals surface area (Å²) in [6.45, 7) is 8.18. The highest BCUT2D eigenvalue weighted by atomic mass is 16.5. The predicted octanol–water partition coefficient (Wildman–Crippen LogP) is 1.02. The molecule has 1 atom stereocenters. The van der Waals surface area contributed by atoms with Gasteiger partial charge in [-0.2, -0.15) is 0 Å². The molecule has 84 valence electrons. The quantitative estimate of drug-likeness (QED) is 0.630. The molecule has 1 aliphatic rings. The molecule has 0 bridgehead atoms. The third kappa shape index (κ3) is 4.40. The summed E-state index contributed by atoms with van der Waals surface area (Å²) in [4.78, 5) is 0. The van der Waals surface area contributed by atoms with E-state index in [4.69, 9.17) is 9.84 Å². The van der Waals surface area contributed by atoms with Gasteiger partial charge in [-0.25, -0.2) is 0 Å². The Morgan fingerprint density at radius 3 is 2.86 bits per heavy atom. The number of nitrogens with one attached hydrogen (secondary N) is 1. The first-order valence-electron chi connectivity index (χ1n) is 5.53. The zero-order valence-corrected chi connectivity index (χ0v) is 9.38. The van der Waals surface area contributed by atoms with Gasteiger partial charge in [-0.1, -0.05) is 13.8 Å². The van der Waals surface area contributed by atoms with Crippen molar-refractivity contribution in [2.24, 2.45) is 11.3 Å². The molecule has 2 N–H and O–H groups in total. The van der Waals surface area contributed by atoms with Crippen LogP contribution in [0.15, 0.2) is 0 Å². The van der Waals surface area contributed by atoms with E-state index in [9.17, 15) is 0 Å². The molecule has 0 radical (unpaired) electrons. The molecule has 0 saturated carbocycles. The van der Waals surface area contributed by atoms with E-state index >= 15 is 0 Å². The van der Waals surface area contributed by atoms with Crippen molar-refractivity contribution in [1.82, 2.24) is 5.32 Å². The van der Waals surface area contributed by atoms with Crippen LogP contribution in [0.3, 0.4) is 0 Å². The molecule has 0 aliphatic carbocycles. The van der Waals surface area contributed by atoms with Gasteiger partial charge in [0.1, 0.15) is 0 Å². The maximum absolute atomic E-state index is 9.04. The van der Waals surface area contributed by atoms with Crippen LogP contribution in [-0.4, -0.2) is 38.0 Å². The summed E-state index contributed by atoms with van der Waals surface area (Å²) in [6, 6.07) is 0. The molecule has 1 rings (SSSR count). The predicted molar refractivity (Wildman–Crippen MR) is 57.3 cm³/mol. The van der Waals surface area contributed by atoms with Crippen LogP contribution in [0.25, 0.3) is 0 Å². The van der Waals surface area contributed by atoms with Crippen molar-refractivity contribution < 1.29 is 9.84 Å². The van der Waals surface area contributed by atoms with Gasteiger partial charge in [0.05, 0.1) is 0 Å². The average Bonchev–Trinajstić information content (AvgIpc) is 2.65. The van der Waals surface area contributed by atoms with Crippen LogP contribution in [0.2, 0.25) is 0 Å². The second-order valence-electron chi connectivity index (χ2n) is 5.02. The molecule has 0 aromatic carbocycles. The van der Waals surface area contributed by atoms with Crippen LogP contribution in [0, 0.1) is 11.3 Å². The molecule has 1 fully saturated rings. The maximum atomic E-state index is 9.04. The second kappa shape index (κ2) is 5.69. The van der Waals surface area contributed by atoms with Crippen LogP contribution in [0.1, 0.15) is 26.7 Å². The Balaban J connectivity index is 1.98. The molecule has 1 heterocycles. The average molecular weight is 201 g/mol. The Hall–Kier alpha value is -0.120. The van der Waals surface area contributed by atoms with Crippen LogP contribution in [-0.2, 0) is 4.74 Å². The smallest absolute Gasteiger partial charge is 0.0495 e. The van der Waals surface area contributed by atoms with Gasteiger partial charge in [0.2, 0.25) is 0 Å². The Labute approximate surface area is 86.8 Å². The number of ether oxygens (including phenoxy) is 1. The summed E-state index contributed by atoms with van der Waals surface area (Å²) in [5.41, 5.74) is 0.00613. The van der Waals surface area contributed by atoms with E-state index in [0.29, 0.717) is 0 Å². The number of aliphatic hydroxyl groups excluding tert-OH is 1. The van der Waals surface area contributed by atoms with E-state index in [-0.39, 0.29) is 12.0 Å². The van der Waals surface area contributed by atoms with Gasteiger partial charge in [0.15, 0.2) is 0 Å². The number of rotatable bonds is 6. The van der Waals surface area contributed by atoms with Crippen molar-refractivity contribution in [3.05, 3.63) is 0 Å². The van der Waals surface area contributed by atoms with E-state index in [1.165, 1.54) is 12.8 Å². The first kappa shape index (κ1) is 12.0. The molecular formula is C11H23NO2. The normalized spacial score (nSPS) is 22.9. The zero-order valence-electron chi connectivity index (χ0n) is 9.38. The van der Waals surface area contributed by atoms with Crippen LogP contribution < -0.4 is 5.32 Å². The Morgan fingerprint density at radius 1 is 1.50 bits per heavy atom. The Bertz CT molecular complexity index is 153. The topological polar surface area (TPSA) is 41.5 Å². The third-order valence-electron chi connectivity index (χ3n) is 2.78. The van der Waals surface area contributed by atoms with Crippen LogP contribution in [0.5, 0.6) is 0 Å². The van der Waals surface area contributed by atoms with E-state index in [2.05, 4.69) is 19.2 Å². The molecule has 0 spiro atoms. The fourth-order valence-corrected chi connectivity index (χ4v) is 1.60. The monoisotopic (exact) mass is 201 g/mol. The fraction of sp³-hybridized carbons (Fsp3) is 1.00. The fourth-order valence-electron chi connectivity index (χ4n) is 1.60. The van der Waals surface area contributed by atoms with Gasteiger partial charge in [-0.05, 0) is 25.3 Å². The van der Waals surface area contributed by atoms with Crippen molar-refractivity contribution in [2.75, 3.05) is 32.9 Å². The summed E-state index contributed by atoms with van der Waals surface area (Å²) in [7, 11) is 0. The first-order chi connectivity index (χ1) is 6.64. The maximum Gasteiger partial charge on any atom is 0.0495 e. The molecule has 3 heteroatoms. The molecule has 0 aromatic heterocycles. The highest BCUT2D eigenvalue weighted by molar-refractivity contribution is 4.71. The van der Waals surface area contributed by atoms with E-state index in [1.54, 1.807) is 0 Å². The molecule has 0 amide bonds. The van der Waals surface area contributed by atoms with Gasteiger partial charge in [-0.3, -0.25) is 0 Å². The summed E-state index contributed by atoms with van der Waals surface area (Å²) in [5.74, 6) is 0.750. The van der Waals surface area contributed by atoms with Gasteiger partial charge in [-0.15, -0.1) is 0 Å². The van der Waals surface area contributed by atoms with E-state index in [0.717, 1.165) is 32.2 Å². The first-order valence-corrected chi connectivity index (χ1v) is 5.53. The summed E-state index contributed by atoms with van der Waals surface area (Å²) < 4.78 is 5.31. The minimum absolute atomic E-state index is 0.00613. The second-order valence-corrected chi connectivity index (χ2v) is 5.02. The summed E-state index contributed by atoms with van der Waals surface area (Å²) in [5, 5.41) is 12.4. The molecule has 3 nitrogen and oxygen atoms in total. The van der Waals surface area contributed by atoms with Gasteiger partial charge >= 0.3 is 0 Å². The lowest BCUT2D eigenvalue weighted by Crippen LogP contribution is -2.33. The highest BCUT2D eigenvalue weighted by Crippen LogP contribution is 2.16. The number of aliphatic hydroxyl groups is 1. The minimum Gasteiger partial charge on any atom is -0.396 e. The van der Waals surface area contributed by atoms with E-state index in [1.807, 2.05) is 0 Å². The van der Waals surface area contributed by atoms with Crippen molar-refractivity contribution in [3.63, 3.8) is 0 Å². The standard InChI is InChI=1S/C11H23NO2/c1-11(2,9-13)8-12-5-3-10-4-6-14-7-10/h10,12-13H,3-9H2,1-2H3. The molecule has 1 unspecified atom stereocenters. The zero-order chi connectivity index (χ0) is 10.4. The third-order valence-corrected chi connectivity index (χ3v) is 2.78. The van der Waals surface area contributed by atoms with Crippen molar-refractivity contribution in [3.8, 4) is 0 Å². The minimum atomic E-state index is 0.00613. The molecule has 1 saturated heterocycles. The van der Waals surface area contributed by atoms with E-state index < -0.39 is 0 Å². The van der Waals surface area contributed by atoms with Crippen molar-refractivity contribution in [2.45, 2.75) is 26.7 Å². The SMILES string of the molecule is CC(C)(CO)CNCCC1CCOC1. The van der Waals surface area contributed by atoms with Crippen LogP contribution in [0.4, 0.5) is 0 Å². The summed E-state index contributed by atoms with van der Waals surface area (Å²) >= 11 is 0. The Morgan fingerprint density at radius 2 is 2.29 bits per heavy atom. The Kier molecular flexibility index (Phi) is 4.85. The van der Waals surface area contributed by atoms with Gasteiger partial charge in [0.25, 0.3) is 0 Å². The lowest BCUT2D eigenvalue weighted by molar-refractivity contribution is 0.155. The van der Waals surface area contributed by atoms with Gasteiger partial charge in [0, 0.05) is 31.8 Å².